The average molecular weight is 166 g/mol. The molecule has 0 radical (unpaired) electrons. The Balaban J connectivity index is 4.45. The summed E-state index contributed by atoms with van der Waals surface area (Å²) < 4.78 is 0. The third kappa shape index (κ3) is 3.75. The van der Waals surface area contributed by atoms with Gasteiger partial charge in [-0.25, -0.2) is 0 Å². The standard InChI is InChI=1S/C12H22/c1-7-8-12(5,6)11(4)9-10(2)3/h7-9,11H,1-6H3/b8-7+/t11-/m1/s1. The van der Waals surface area contributed by atoms with Crippen LogP contribution in [0.1, 0.15) is 41.5 Å². The van der Waals surface area contributed by atoms with Crippen molar-refractivity contribution in [1.82, 2.24) is 0 Å². The van der Waals surface area contributed by atoms with Crippen LogP contribution < -0.4 is 0 Å². The predicted octanol–water partition coefficient (Wildman–Crippen LogP) is 4.19. The molecule has 0 fully saturated rings. The number of rotatable bonds is 3. The molecule has 0 aliphatic heterocycles. The van der Waals surface area contributed by atoms with Crippen LogP contribution in [0.4, 0.5) is 0 Å². The zero-order chi connectivity index (χ0) is 9.78. The number of allylic oxidation sites excluding steroid dienone is 4. The van der Waals surface area contributed by atoms with E-state index in [0.717, 1.165) is 0 Å². The second-order valence-electron chi connectivity index (χ2n) is 4.35. The topological polar surface area (TPSA) is 0 Å². The molecule has 0 amide bonds. The fourth-order valence-electron chi connectivity index (χ4n) is 1.30. The van der Waals surface area contributed by atoms with Gasteiger partial charge in [0, 0.05) is 0 Å². The second-order valence-corrected chi connectivity index (χ2v) is 4.35. The summed E-state index contributed by atoms with van der Waals surface area (Å²) in [5.74, 6) is 0.610. The van der Waals surface area contributed by atoms with Gasteiger partial charge in [-0.15, -0.1) is 0 Å². The molecule has 0 saturated carbocycles. The molecule has 0 nitrogen and oxygen atoms in total. The van der Waals surface area contributed by atoms with Crippen molar-refractivity contribution >= 4 is 0 Å². The summed E-state index contributed by atoms with van der Waals surface area (Å²) in [6.45, 7) is 13.2. The molecule has 0 aromatic rings. The first-order valence-corrected chi connectivity index (χ1v) is 4.69. The van der Waals surface area contributed by atoms with Gasteiger partial charge >= 0.3 is 0 Å². The summed E-state index contributed by atoms with van der Waals surface area (Å²) in [4.78, 5) is 0. The Morgan fingerprint density at radius 3 is 2.08 bits per heavy atom. The molecular formula is C12H22. The highest BCUT2D eigenvalue weighted by Crippen LogP contribution is 2.29. The van der Waals surface area contributed by atoms with Crippen LogP contribution in [0.15, 0.2) is 23.8 Å². The summed E-state index contributed by atoms with van der Waals surface area (Å²) in [6, 6.07) is 0. The lowest BCUT2D eigenvalue weighted by molar-refractivity contribution is 0.366. The van der Waals surface area contributed by atoms with Gasteiger partial charge in [0.1, 0.15) is 0 Å². The van der Waals surface area contributed by atoms with Crippen LogP contribution in [0, 0.1) is 11.3 Å². The van der Waals surface area contributed by atoms with Crippen molar-refractivity contribution in [2.24, 2.45) is 11.3 Å². The smallest absolute Gasteiger partial charge is 0.0115 e. The molecule has 0 aliphatic carbocycles. The molecule has 0 aliphatic rings. The predicted molar refractivity (Wildman–Crippen MR) is 57.2 cm³/mol. The molecule has 0 unspecified atom stereocenters. The van der Waals surface area contributed by atoms with E-state index in [4.69, 9.17) is 0 Å². The SMILES string of the molecule is C/C=C/C(C)(C)[C@H](C)C=C(C)C. The Morgan fingerprint density at radius 1 is 1.25 bits per heavy atom. The number of hydrogen-bond donors (Lipinski definition) is 0. The summed E-state index contributed by atoms with van der Waals surface area (Å²) in [6.07, 6.45) is 6.74. The van der Waals surface area contributed by atoms with E-state index in [9.17, 15) is 0 Å². The maximum atomic E-state index is 2.33. The molecule has 0 heteroatoms. The van der Waals surface area contributed by atoms with Gasteiger partial charge < -0.3 is 0 Å². The summed E-state index contributed by atoms with van der Waals surface area (Å²) in [5.41, 5.74) is 1.69. The molecule has 0 saturated heterocycles. The van der Waals surface area contributed by atoms with Crippen LogP contribution in [0.5, 0.6) is 0 Å². The van der Waals surface area contributed by atoms with E-state index < -0.39 is 0 Å². The minimum absolute atomic E-state index is 0.284. The van der Waals surface area contributed by atoms with Gasteiger partial charge in [-0.3, -0.25) is 0 Å². The number of hydrogen-bond acceptors (Lipinski definition) is 0. The van der Waals surface area contributed by atoms with Crippen LogP contribution in [-0.4, -0.2) is 0 Å². The Bertz CT molecular complexity index is 178. The van der Waals surface area contributed by atoms with E-state index in [0.29, 0.717) is 5.92 Å². The van der Waals surface area contributed by atoms with E-state index in [1.54, 1.807) is 0 Å². The molecule has 12 heavy (non-hydrogen) atoms. The molecule has 0 spiro atoms. The third-order valence-corrected chi connectivity index (χ3v) is 2.35. The summed E-state index contributed by atoms with van der Waals surface area (Å²) in [7, 11) is 0. The van der Waals surface area contributed by atoms with Gasteiger partial charge in [0.2, 0.25) is 0 Å². The lowest BCUT2D eigenvalue weighted by atomic mass is 9.79. The minimum atomic E-state index is 0.284. The highest BCUT2D eigenvalue weighted by Gasteiger charge is 2.19. The van der Waals surface area contributed by atoms with Crippen molar-refractivity contribution in [2.75, 3.05) is 0 Å². The van der Waals surface area contributed by atoms with Crippen molar-refractivity contribution in [1.29, 1.82) is 0 Å². The third-order valence-electron chi connectivity index (χ3n) is 2.35. The fourth-order valence-corrected chi connectivity index (χ4v) is 1.30. The van der Waals surface area contributed by atoms with Gasteiger partial charge in [-0.2, -0.15) is 0 Å². The summed E-state index contributed by atoms with van der Waals surface area (Å²) in [5, 5.41) is 0. The first kappa shape index (κ1) is 11.5. The average Bonchev–Trinajstić information content (AvgIpc) is 1.85. The van der Waals surface area contributed by atoms with Crippen molar-refractivity contribution < 1.29 is 0 Å². The monoisotopic (exact) mass is 166 g/mol. The Kier molecular flexibility index (Phi) is 4.30. The largest absolute Gasteiger partial charge is 0.0911 e. The van der Waals surface area contributed by atoms with Gasteiger partial charge in [0.05, 0.1) is 0 Å². The van der Waals surface area contributed by atoms with E-state index >= 15 is 0 Å². The molecule has 70 valence electrons. The molecule has 0 N–H and O–H groups in total. The normalized spacial score (nSPS) is 14.8. The van der Waals surface area contributed by atoms with Gasteiger partial charge in [0.15, 0.2) is 0 Å². The first-order valence-electron chi connectivity index (χ1n) is 4.69. The molecule has 0 aromatic carbocycles. The van der Waals surface area contributed by atoms with Crippen molar-refractivity contribution in [3.8, 4) is 0 Å². The van der Waals surface area contributed by atoms with E-state index in [2.05, 4.69) is 59.8 Å². The van der Waals surface area contributed by atoms with E-state index in [-0.39, 0.29) is 5.41 Å². The van der Waals surface area contributed by atoms with Crippen LogP contribution in [-0.2, 0) is 0 Å². The maximum Gasteiger partial charge on any atom is -0.0115 e. The maximum absolute atomic E-state index is 2.33. The Labute approximate surface area is 77.4 Å². The first-order chi connectivity index (χ1) is 5.40. The van der Waals surface area contributed by atoms with Crippen LogP contribution in [0.25, 0.3) is 0 Å². The molecule has 0 rings (SSSR count). The highest BCUT2D eigenvalue weighted by atomic mass is 14.2. The van der Waals surface area contributed by atoms with Crippen molar-refractivity contribution in [2.45, 2.75) is 41.5 Å². The van der Waals surface area contributed by atoms with Crippen molar-refractivity contribution in [3.05, 3.63) is 23.8 Å². The van der Waals surface area contributed by atoms with E-state index in [1.165, 1.54) is 5.57 Å². The van der Waals surface area contributed by atoms with Crippen LogP contribution in [0.2, 0.25) is 0 Å². The van der Waals surface area contributed by atoms with Gasteiger partial charge in [-0.1, -0.05) is 44.6 Å². The lowest BCUT2D eigenvalue weighted by Crippen LogP contribution is -2.16. The minimum Gasteiger partial charge on any atom is -0.0911 e. The molecule has 0 bridgehead atoms. The quantitative estimate of drug-likeness (QED) is 0.551. The zero-order valence-electron chi connectivity index (χ0n) is 9.31. The fraction of sp³-hybridized carbons (Fsp3) is 0.667. The highest BCUT2D eigenvalue weighted by molar-refractivity contribution is 5.06. The van der Waals surface area contributed by atoms with Gasteiger partial charge in [-0.05, 0) is 32.1 Å². The Morgan fingerprint density at radius 2 is 1.75 bits per heavy atom. The van der Waals surface area contributed by atoms with Gasteiger partial charge in [0.25, 0.3) is 0 Å². The molecular weight excluding hydrogens is 144 g/mol. The van der Waals surface area contributed by atoms with E-state index in [1.807, 2.05) is 0 Å². The molecule has 0 heterocycles. The lowest BCUT2D eigenvalue weighted by Gasteiger charge is -2.26. The Hall–Kier alpha value is -0.520. The van der Waals surface area contributed by atoms with Crippen molar-refractivity contribution in [3.63, 3.8) is 0 Å². The summed E-state index contributed by atoms with van der Waals surface area (Å²) >= 11 is 0. The molecule has 1 atom stereocenters. The van der Waals surface area contributed by atoms with Crippen LogP contribution in [0.3, 0.4) is 0 Å². The second kappa shape index (κ2) is 4.49. The molecule has 0 aromatic heterocycles. The zero-order valence-corrected chi connectivity index (χ0v) is 9.31. The van der Waals surface area contributed by atoms with Crippen LogP contribution >= 0.6 is 0 Å².